The molecule has 1 atom stereocenters. The van der Waals surface area contributed by atoms with Gasteiger partial charge in [0.1, 0.15) is 12.6 Å². The Morgan fingerprint density at radius 3 is 2.15 bits per heavy atom. The topological polar surface area (TPSA) is 86.8 Å². The molecule has 212 valence electrons. The van der Waals surface area contributed by atoms with Crippen molar-refractivity contribution in [2.75, 3.05) is 10.8 Å². The number of aryl methyl sites for hydroxylation is 3. The number of carbonyl (C=O) groups is 2. The Labute approximate surface area is 238 Å². The quantitative estimate of drug-likeness (QED) is 0.365. The summed E-state index contributed by atoms with van der Waals surface area (Å²) in [6.45, 7) is 7.12. The Bertz CT molecular complexity index is 1430. The van der Waals surface area contributed by atoms with Crippen LogP contribution in [-0.4, -0.2) is 43.8 Å². The zero-order chi connectivity index (χ0) is 28.9. The van der Waals surface area contributed by atoms with Gasteiger partial charge in [-0.2, -0.15) is 0 Å². The molecule has 1 aliphatic carbocycles. The highest BCUT2D eigenvalue weighted by molar-refractivity contribution is 7.92. The van der Waals surface area contributed by atoms with Crippen LogP contribution in [0.1, 0.15) is 54.9 Å². The number of nitrogens with zero attached hydrogens (tertiary/aromatic N) is 2. The normalized spacial score (nSPS) is 14.5. The zero-order valence-electron chi connectivity index (χ0n) is 23.8. The molecular weight excluding hydrogens is 522 g/mol. The zero-order valence-corrected chi connectivity index (χ0v) is 24.6. The van der Waals surface area contributed by atoms with Gasteiger partial charge in [-0.25, -0.2) is 8.42 Å². The Morgan fingerprint density at radius 1 is 0.900 bits per heavy atom. The van der Waals surface area contributed by atoms with Crippen molar-refractivity contribution in [3.63, 3.8) is 0 Å². The molecule has 0 saturated heterocycles. The van der Waals surface area contributed by atoms with Gasteiger partial charge in [0.25, 0.3) is 10.0 Å². The van der Waals surface area contributed by atoms with Gasteiger partial charge in [-0.15, -0.1) is 0 Å². The molecule has 0 aliphatic heterocycles. The van der Waals surface area contributed by atoms with Gasteiger partial charge in [-0.05, 0) is 69.9 Å². The van der Waals surface area contributed by atoms with Gasteiger partial charge in [-0.1, -0.05) is 78.6 Å². The van der Waals surface area contributed by atoms with Crippen LogP contribution in [0.15, 0.2) is 77.7 Å². The van der Waals surface area contributed by atoms with Crippen LogP contribution >= 0.6 is 0 Å². The average molecular weight is 562 g/mol. The van der Waals surface area contributed by atoms with E-state index < -0.39 is 28.5 Å². The molecule has 1 fully saturated rings. The standard InChI is InChI=1S/C32H39N3O4S/c1-23-14-17-29(18-15-23)40(38,39)35(30-19-16-24(2)20-25(30)3)22-31(36)34(21-27-10-6-5-7-11-27)26(4)32(37)33-28-12-8-9-13-28/h5-7,10-11,14-20,26,28H,8-9,12-13,21-22H2,1-4H3,(H,33,37). The smallest absolute Gasteiger partial charge is 0.264 e. The Hall–Kier alpha value is -3.65. The lowest BCUT2D eigenvalue weighted by molar-refractivity contribution is -0.139. The van der Waals surface area contributed by atoms with E-state index in [1.165, 1.54) is 9.21 Å². The predicted octanol–water partition coefficient (Wildman–Crippen LogP) is 5.28. The van der Waals surface area contributed by atoms with E-state index in [0.29, 0.717) is 5.69 Å². The van der Waals surface area contributed by atoms with Crippen molar-refractivity contribution in [3.8, 4) is 0 Å². The molecule has 1 N–H and O–H groups in total. The summed E-state index contributed by atoms with van der Waals surface area (Å²) in [6, 6.07) is 20.8. The van der Waals surface area contributed by atoms with Crippen molar-refractivity contribution in [2.45, 2.75) is 76.9 Å². The molecule has 7 nitrogen and oxygen atoms in total. The van der Waals surface area contributed by atoms with Crippen LogP contribution in [-0.2, 0) is 26.2 Å². The number of anilines is 1. The van der Waals surface area contributed by atoms with E-state index in [4.69, 9.17) is 0 Å². The minimum atomic E-state index is -4.09. The first-order chi connectivity index (χ1) is 19.1. The summed E-state index contributed by atoms with van der Waals surface area (Å²) < 4.78 is 29.2. The number of nitrogens with one attached hydrogen (secondary N) is 1. The number of sulfonamides is 1. The lowest BCUT2D eigenvalue weighted by atomic mass is 10.1. The second kappa shape index (κ2) is 12.7. The molecular formula is C32H39N3O4S. The summed E-state index contributed by atoms with van der Waals surface area (Å²) in [4.78, 5) is 29.0. The van der Waals surface area contributed by atoms with Crippen molar-refractivity contribution in [3.05, 3.63) is 95.1 Å². The van der Waals surface area contributed by atoms with Crippen LogP contribution in [0.25, 0.3) is 0 Å². The minimum absolute atomic E-state index is 0.104. The number of amides is 2. The third kappa shape index (κ3) is 6.91. The SMILES string of the molecule is Cc1ccc(S(=O)(=O)N(CC(=O)N(Cc2ccccc2)C(C)C(=O)NC2CCCC2)c2ccc(C)cc2C)cc1. The first-order valence-corrected chi connectivity index (χ1v) is 15.3. The van der Waals surface area contributed by atoms with Gasteiger partial charge >= 0.3 is 0 Å². The molecule has 3 aromatic carbocycles. The van der Waals surface area contributed by atoms with Crippen LogP contribution in [0.3, 0.4) is 0 Å². The van der Waals surface area contributed by atoms with Crippen LogP contribution in [0.2, 0.25) is 0 Å². The van der Waals surface area contributed by atoms with Gasteiger partial charge in [0.05, 0.1) is 10.6 Å². The molecule has 0 bridgehead atoms. The first kappa shape index (κ1) is 29.3. The van der Waals surface area contributed by atoms with Crippen molar-refractivity contribution in [1.29, 1.82) is 0 Å². The van der Waals surface area contributed by atoms with Crippen molar-refractivity contribution in [1.82, 2.24) is 10.2 Å². The summed E-state index contributed by atoms with van der Waals surface area (Å²) in [5, 5.41) is 3.10. The molecule has 1 unspecified atom stereocenters. The highest BCUT2D eigenvalue weighted by atomic mass is 32.2. The Morgan fingerprint density at radius 2 is 1.52 bits per heavy atom. The van der Waals surface area contributed by atoms with Gasteiger partial charge in [-0.3, -0.25) is 13.9 Å². The van der Waals surface area contributed by atoms with Crippen molar-refractivity contribution in [2.24, 2.45) is 0 Å². The number of rotatable bonds is 10. The summed E-state index contributed by atoms with van der Waals surface area (Å²) in [6.07, 6.45) is 4.02. The van der Waals surface area contributed by atoms with E-state index >= 15 is 0 Å². The maximum absolute atomic E-state index is 14.1. The summed E-state index contributed by atoms with van der Waals surface area (Å²) >= 11 is 0. The Balaban J connectivity index is 1.70. The monoisotopic (exact) mass is 561 g/mol. The predicted molar refractivity (Wildman–Crippen MR) is 158 cm³/mol. The summed E-state index contributed by atoms with van der Waals surface area (Å²) in [5.74, 6) is -0.677. The minimum Gasteiger partial charge on any atom is -0.352 e. The maximum atomic E-state index is 14.1. The molecule has 40 heavy (non-hydrogen) atoms. The maximum Gasteiger partial charge on any atom is 0.264 e. The number of carbonyl (C=O) groups excluding carboxylic acids is 2. The molecule has 0 heterocycles. The average Bonchev–Trinajstić information content (AvgIpc) is 3.44. The molecule has 2 amide bonds. The van der Waals surface area contributed by atoms with Gasteiger partial charge in [0.2, 0.25) is 11.8 Å². The molecule has 1 aliphatic rings. The van der Waals surface area contributed by atoms with Crippen LogP contribution in [0.4, 0.5) is 5.69 Å². The van der Waals surface area contributed by atoms with Crippen LogP contribution < -0.4 is 9.62 Å². The molecule has 0 aromatic heterocycles. The van der Waals surface area contributed by atoms with E-state index in [9.17, 15) is 18.0 Å². The second-order valence-electron chi connectivity index (χ2n) is 10.8. The lowest BCUT2D eigenvalue weighted by Gasteiger charge is -2.33. The molecule has 0 spiro atoms. The number of hydrogen-bond acceptors (Lipinski definition) is 4. The third-order valence-electron chi connectivity index (χ3n) is 7.57. The molecule has 4 rings (SSSR count). The van der Waals surface area contributed by atoms with E-state index in [2.05, 4.69) is 5.32 Å². The second-order valence-corrected chi connectivity index (χ2v) is 12.7. The lowest BCUT2D eigenvalue weighted by Crippen LogP contribution is -2.52. The van der Waals surface area contributed by atoms with Gasteiger partial charge in [0, 0.05) is 12.6 Å². The molecule has 8 heteroatoms. The first-order valence-electron chi connectivity index (χ1n) is 13.9. The fraction of sp³-hybridized carbons (Fsp3) is 0.375. The fourth-order valence-corrected chi connectivity index (χ4v) is 6.67. The highest BCUT2D eigenvalue weighted by Crippen LogP contribution is 2.28. The number of benzene rings is 3. The van der Waals surface area contributed by atoms with E-state index in [1.807, 2.05) is 63.2 Å². The highest BCUT2D eigenvalue weighted by Gasteiger charge is 2.33. The number of hydrogen-bond donors (Lipinski definition) is 1. The fourth-order valence-electron chi connectivity index (χ4n) is 5.19. The van der Waals surface area contributed by atoms with Gasteiger partial charge in [0.15, 0.2) is 0 Å². The summed E-state index contributed by atoms with van der Waals surface area (Å²) in [5.41, 5.74) is 3.95. The van der Waals surface area contributed by atoms with Crippen molar-refractivity contribution < 1.29 is 18.0 Å². The van der Waals surface area contributed by atoms with E-state index in [-0.39, 0.29) is 23.4 Å². The van der Waals surface area contributed by atoms with Gasteiger partial charge < -0.3 is 10.2 Å². The molecule has 3 aromatic rings. The van der Waals surface area contributed by atoms with Crippen LogP contribution in [0.5, 0.6) is 0 Å². The molecule has 1 saturated carbocycles. The van der Waals surface area contributed by atoms with E-state index in [0.717, 1.165) is 47.9 Å². The third-order valence-corrected chi connectivity index (χ3v) is 9.35. The Kier molecular flexibility index (Phi) is 9.30. The van der Waals surface area contributed by atoms with E-state index in [1.54, 1.807) is 37.3 Å². The van der Waals surface area contributed by atoms with Crippen LogP contribution in [0, 0.1) is 20.8 Å². The van der Waals surface area contributed by atoms with Crippen molar-refractivity contribution >= 4 is 27.5 Å². The largest absolute Gasteiger partial charge is 0.352 e. The molecule has 0 radical (unpaired) electrons. The summed E-state index contributed by atoms with van der Waals surface area (Å²) in [7, 11) is -4.09.